The minimum atomic E-state index is 0.888. The van der Waals surface area contributed by atoms with Gasteiger partial charge in [-0.1, -0.05) is 48.6 Å². The van der Waals surface area contributed by atoms with Crippen molar-refractivity contribution in [3.63, 3.8) is 0 Å². The van der Waals surface area contributed by atoms with Crippen molar-refractivity contribution in [2.75, 3.05) is 0 Å². The molecule has 19 heavy (non-hydrogen) atoms. The van der Waals surface area contributed by atoms with Gasteiger partial charge in [-0.05, 0) is 52.0 Å². The van der Waals surface area contributed by atoms with Crippen LogP contribution >= 0.6 is 15.9 Å². The molecule has 0 spiro atoms. The van der Waals surface area contributed by atoms with Crippen LogP contribution in [0, 0.1) is 0 Å². The molecule has 0 fully saturated rings. The van der Waals surface area contributed by atoms with Crippen LogP contribution in [0.3, 0.4) is 0 Å². The number of allylic oxidation sites excluding steroid dienone is 4. The molecule has 0 saturated heterocycles. The molecule has 0 unspecified atom stereocenters. The fourth-order valence-electron chi connectivity index (χ4n) is 2.28. The van der Waals surface area contributed by atoms with Crippen molar-refractivity contribution in [2.24, 2.45) is 0 Å². The molecular formula is C17H14BrN. The summed E-state index contributed by atoms with van der Waals surface area (Å²) in [5.41, 5.74) is 4.80. The largest absolute Gasteiger partial charge is 0.241 e. The third-order valence-corrected chi connectivity index (χ3v) is 3.65. The Hall–Kier alpha value is -1.67. The monoisotopic (exact) mass is 311 g/mol. The summed E-state index contributed by atoms with van der Waals surface area (Å²) in [5.74, 6) is 0. The van der Waals surface area contributed by atoms with Crippen LogP contribution < -0.4 is 0 Å². The number of benzene rings is 1. The molecule has 1 aliphatic rings. The van der Waals surface area contributed by atoms with Crippen LogP contribution in [0.25, 0.3) is 16.8 Å². The lowest BCUT2D eigenvalue weighted by Gasteiger charge is -2.11. The molecule has 0 bridgehead atoms. The Labute approximate surface area is 121 Å². The van der Waals surface area contributed by atoms with E-state index in [1.807, 2.05) is 18.2 Å². The van der Waals surface area contributed by atoms with E-state index in [9.17, 15) is 0 Å². The summed E-state index contributed by atoms with van der Waals surface area (Å²) < 4.78 is 0.888. The van der Waals surface area contributed by atoms with E-state index >= 15 is 0 Å². The Morgan fingerprint density at radius 3 is 2.58 bits per heavy atom. The lowest BCUT2D eigenvalue weighted by molar-refractivity contribution is 1.05. The van der Waals surface area contributed by atoms with E-state index < -0.39 is 0 Å². The zero-order valence-electron chi connectivity index (χ0n) is 10.5. The number of hydrogen-bond donors (Lipinski definition) is 0. The quantitative estimate of drug-likeness (QED) is 0.691. The summed E-state index contributed by atoms with van der Waals surface area (Å²) >= 11 is 3.52. The van der Waals surface area contributed by atoms with Crippen LogP contribution in [0.2, 0.25) is 0 Å². The molecule has 94 valence electrons. The second kappa shape index (κ2) is 5.54. The van der Waals surface area contributed by atoms with Crippen molar-refractivity contribution in [1.29, 1.82) is 0 Å². The van der Waals surface area contributed by atoms with Crippen LogP contribution in [-0.2, 0) is 0 Å². The topological polar surface area (TPSA) is 12.9 Å². The normalized spacial score (nSPS) is 14.3. The molecular weight excluding hydrogens is 298 g/mol. The fourth-order valence-corrected chi connectivity index (χ4v) is 2.72. The van der Waals surface area contributed by atoms with Gasteiger partial charge in [-0.2, -0.15) is 0 Å². The van der Waals surface area contributed by atoms with Crippen molar-refractivity contribution in [1.82, 2.24) is 4.98 Å². The number of hydrogen-bond acceptors (Lipinski definition) is 1. The molecule has 1 heterocycles. The Bertz CT molecular complexity index is 642. The van der Waals surface area contributed by atoms with Gasteiger partial charge in [0.2, 0.25) is 0 Å². The maximum absolute atomic E-state index is 4.57. The first-order valence-electron chi connectivity index (χ1n) is 6.42. The predicted octanol–water partition coefficient (Wildman–Crippen LogP) is 5.24. The van der Waals surface area contributed by atoms with Gasteiger partial charge in [-0.15, -0.1) is 0 Å². The molecule has 1 nitrogen and oxygen atoms in total. The maximum atomic E-state index is 4.57. The molecule has 0 aliphatic heterocycles. The van der Waals surface area contributed by atoms with E-state index in [2.05, 4.69) is 63.4 Å². The number of nitrogens with zero attached hydrogens (tertiary/aromatic N) is 1. The first kappa shape index (κ1) is 12.4. The summed E-state index contributed by atoms with van der Waals surface area (Å²) in [6.07, 6.45) is 8.75. The van der Waals surface area contributed by atoms with Crippen LogP contribution in [0.1, 0.15) is 18.4 Å². The van der Waals surface area contributed by atoms with Crippen molar-refractivity contribution < 1.29 is 0 Å². The van der Waals surface area contributed by atoms with Crippen LogP contribution in [0.5, 0.6) is 0 Å². The Morgan fingerprint density at radius 2 is 1.84 bits per heavy atom. The molecule has 0 N–H and O–H groups in total. The van der Waals surface area contributed by atoms with Gasteiger partial charge >= 0.3 is 0 Å². The van der Waals surface area contributed by atoms with Gasteiger partial charge in [0, 0.05) is 5.56 Å². The lowest BCUT2D eigenvalue weighted by Crippen LogP contribution is -1.92. The minimum Gasteiger partial charge on any atom is -0.241 e. The zero-order valence-corrected chi connectivity index (χ0v) is 12.1. The van der Waals surface area contributed by atoms with Gasteiger partial charge in [-0.3, -0.25) is 0 Å². The third-order valence-electron chi connectivity index (χ3n) is 3.25. The second-order valence-electron chi connectivity index (χ2n) is 4.59. The van der Waals surface area contributed by atoms with Crippen molar-refractivity contribution in [3.05, 3.63) is 70.9 Å². The molecule has 1 aromatic heterocycles. The highest BCUT2D eigenvalue weighted by atomic mass is 79.9. The van der Waals surface area contributed by atoms with Crippen LogP contribution in [-0.4, -0.2) is 4.98 Å². The minimum absolute atomic E-state index is 0.888. The molecule has 1 aromatic carbocycles. The number of rotatable bonds is 2. The van der Waals surface area contributed by atoms with E-state index in [0.717, 1.165) is 28.7 Å². The molecule has 3 rings (SSSR count). The van der Waals surface area contributed by atoms with Gasteiger partial charge in [0.1, 0.15) is 4.60 Å². The molecule has 0 saturated carbocycles. The highest BCUT2D eigenvalue weighted by Crippen LogP contribution is 2.29. The number of aromatic nitrogens is 1. The van der Waals surface area contributed by atoms with Gasteiger partial charge in [-0.25, -0.2) is 4.98 Å². The maximum Gasteiger partial charge on any atom is 0.107 e. The standard InChI is InChI=1S/C17H14BrN/c18-17-12-15(13-7-3-1-4-8-13)11-16(19-17)14-9-5-2-6-10-14/h1-3,5-7,9-12H,4,8H2. The molecule has 2 aromatic rings. The van der Waals surface area contributed by atoms with Crippen molar-refractivity contribution >= 4 is 21.5 Å². The smallest absolute Gasteiger partial charge is 0.107 e. The van der Waals surface area contributed by atoms with Gasteiger partial charge in [0.15, 0.2) is 0 Å². The Kier molecular flexibility index (Phi) is 3.60. The lowest BCUT2D eigenvalue weighted by atomic mass is 9.97. The molecule has 0 atom stereocenters. The predicted molar refractivity (Wildman–Crippen MR) is 83.7 cm³/mol. The van der Waals surface area contributed by atoms with E-state index in [0.29, 0.717) is 0 Å². The SMILES string of the molecule is Brc1cc(C2=CC=CCC2)cc(-c2ccccc2)n1. The van der Waals surface area contributed by atoms with Gasteiger partial charge < -0.3 is 0 Å². The summed E-state index contributed by atoms with van der Waals surface area (Å²) in [6, 6.07) is 14.6. The Balaban J connectivity index is 2.06. The van der Waals surface area contributed by atoms with Crippen molar-refractivity contribution in [3.8, 4) is 11.3 Å². The highest BCUT2D eigenvalue weighted by Gasteiger charge is 2.08. The van der Waals surface area contributed by atoms with E-state index in [1.54, 1.807) is 0 Å². The van der Waals surface area contributed by atoms with Crippen LogP contribution in [0.4, 0.5) is 0 Å². The summed E-state index contributed by atoms with van der Waals surface area (Å²) in [6.45, 7) is 0. The molecule has 0 radical (unpaired) electrons. The Morgan fingerprint density at radius 1 is 1.00 bits per heavy atom. The summed E-state index contributed by atoms with van der Waals surface area (Å²) in [4.78, 5) is 4.57. The first-order valence-corrected chi connectivity index (χ1v) is 7.21. The number of pyridine rings is 1. The molecule has 0 amide bonds. The van der Waals surface area contributed by atoms with E-state index in [-0.39, 0.29) is 0 Å². The van der Waals surface area contributed by atoms with E-state index in [4.69, 9.17) is 0 Å². The van der Waals surface area contributed by atoms with E-state index in [1.165, 1.54) is 11.1 Å². The summed E-state index contributed by atoms with van der Waals surface area (Å²) in [5, 5.41) is 0. The highest BCUT2D eigenvalue weighted by molar-refractivity contribution is 9.10. The second-order valence-corrected chi connectivity index (χ2v) is 5.40. The van der Waals surface area contributed by atoms with Crippen LogP contribution in [0.15, 0.2) is 65.3 Å². The van der Waals surface area contributed by atoms with Crippen molar-refractivity contribution in [2.45, 2.75) is 12.8 Å². The molecule has 2 heteroatoms. The van der Waals surface area contributed by atoms with Gasteiger partial charge in [0.05, 0.1) is 5.69 Å². The average Bonchev–Trinajstić information content (AvgIpc) is 2.48. The number of halogens is 1. The average molecular weight is 312 g/mol. The van der Waals surface area contributed by atoms with Gasteiger partial charge in [0.25, 0.3) is 0 Å². The fraction of sp³-hybridized carbons (Fsp3) is 0.118. The third kappa shape index (κ3) is 2.85. The first-order chi connectivity index (χ1) is 9.33. The zero-order chi connectivity index (χ0) is 13.1. The molecule has 1 aliphatic carbocycles. The summed E-state index contributed by atoms with van der Waals surface area (Å²) in [7, 11) is 0.